The standard InChI is InChI=1S/C18H29N3OS/c1-19-11-13-21(14-12-19)10-5-9-20(2)23-18-8-15-22-17-7-4-3-6-16(17)18/h3-4,6-7,18H,5,8-15H2,1-2H3. The Hall–Kier alpha value is -0.750. The van der Waals surface area contributed by atoms with Gasteiger partial charge in [0.15, 0.2) is 0 Å². The number of ether oxygens (including phenoxy) is 1. The number of fused-ring (bicyclic) bond motifs is 1. The van der Waals surface area contributed by atoms with E-state index in [2.05, 4.69) is 52.5 Å². The first-order chi connectivity index (χ1) is 11.2. The van der Waals surface area contributed by atoms with Gasteiger partial charge in [0.1, 0.15) is 5.75 Å². The number of nitrogens with zero attached hydrogens (tertiary/aromatic N) is 3. The zero-order valence-electron chi connectivity index (χ0n) is 14.4. The predicted octanol–water partition coefficient (Wildman–Crippen LogP) is 2.73. The molecule has 23 heavy (non-hydrogen) atoms. The van der Waals surface area contributed by atoms with Crippen LogP contribution in [0.3, 0.4) is 0 Å². The summed E-state index contributed by atoms with van der Waals surface area (Å²) in [6.45, 7) is 8.08. The molecule has 0 radical (unpaired) electrons. The van der Waals surface area contributed by atoms with Gasteiger partial charge in [0, 0.05) is 38.3 Å². The highest BCUT2D eigenvalue weighted by Crippen LogP contribution is 2.41. The lowest BCUT2D eigenvalue weighted by Gasteiger charge is -2.33. The summed E-state index contributed by atoms with van der Waals surface area (Å²) in [5.74, 6) is 1.07. The van der Waals surface area contributed by atoms with Crippen LogP contribution in [0.5, 0.6) is 5.75 Å². The first kappa shape index (κ1) is 17.1. The number of rotatable bonds is 6. The molecule has 1 atom stereocenters. The van der Waals surface area contributed by atoms with Crippen molar-refractivity contribution < 1.29 is 4.74 Å². The smallest absolute Gasteiger partial charge is 0.123 e. The van der Waals surface area contributed by atoms with Gasteiger partial charge in [-0.15, -0.1) is 0 Å². The van der Waals surface area contributed by atoms with Crippen LogP contribution in [0.1, 0.15) is 23.7 Å². The minimum Gasteiger partial charge on any atom is -0.493 e. The third kappa shape index (κ3) is 4.86. The zero-order chi connectivity index (χ0) is 16.1. The maximum atomic E-state index is 5.76. The number of hydrogen-bond acceptors (Lipinski definition) is 5. The van der Waals surface area contributed by atoms with Crippen molar-refractivity contribution in [1.82, 2.24) is 14.1 Å². The highest BCUT2D eigenvalue weighted by atomic mass is 32.2. The monoisotopic (exact) mass is 335 g/mol. The quantitative estimate of drug-likeness (QED) is 0.742. The first-order valence-corrected chi connectivity index (χ1v) is 9.56. The molecule has 1 fully saturated rings. The van der Waals surface area contributed by atoms with Gasteiger partial charge >= 0.3 is 0 Å². The molecule has 0 amide bonds. The second-order valence-corrected chi connectivity index (χ2v) is 8.02. The summed E-state index contributed by atoms with van der Waals surface area (Å²) < 4.78 is 8.18. The van der Waals surface area contributed by atoms with E-state index in [0.29, 0.717) is 5.25 Å². The molecule has 2 aliphatic rings. The van der Waals surface area contributed by atoms with E-state index in [4.69, 9.17) is 4.74 Å². The molecule has 4 nitrogen and oxygen atoms in total. The summed E-state index contributed by atoms with van der Waals surface area (Å²) in [5, 5.41) is 0.536. The van der Waals surface area contributed by atoms with E-state index >= 15 is 0 Å². The van der Waals surface area contributed by atoms with Gasteiger partial charge in [-0.3, -0.25) is 4.31 Å². The van der Waals surface area contributed by atoms with E-state index in [-0.39, 0.29) is 0 Å². The van der Waals surface area contributed by atoms with Crippen LogP contribution in [0.2, 0.25) is 0 Å². The molecular weight excluding hydrogens is 306 g/mol. The Labute approximate surface area is 144 Å². The van der Waals surface area contributed by atoms with Crippen LogP contribution in [-0.2, 0) is 0 Å². The van der Waals surface area contributed by atoms with Crippen molar-refractivity contribution in [2.45, 2.75) is 18.1 Å². The molecule has 3 rings (SSSR count). The average Bonchev–Trinajstić information content (AvgIpc) is 2.57. The van der Waals surface area contributed by atoms with Crippen LogP contribution in [0, 0.1) is 0 Å². The molecule has 1 unspecified atom stereocenters. The Morgan fingerprint density at radius 1 is 1.22 bits per heavy atom. The van der Waals surface area contributed by atoms with Gasteiger partial charge in [-0.2, -0.15) is 0 Å². The molecule has 128 valence electrons. The van der Waals surface area contributed by atoms with Crippen molar-refractivity contribution in [3.05, 3.63) is 29.8 Å². The molecule has 0 N–H and O–H groups in total. The molecule has 0 aromatic heterocycles. The highest BCUT2D eigenvalue weighted by Gasteiger charge is 2.23. The third-order valence-corrected chi connectivity index (χ3v) is 6.04. The molecule has 1 aromatic carbocycles. The lowest BCUT2D eigenvalue weighted by atomic mass is 10.1. The minimum absolute atomic E-state index is 0.536. The maximum absolute atomic E-state index is 5.76. The van der Waals surface area contributed by atoms with Crippen molar-refractivity contribution in [1.29, 1.82) is 0 Å². The van der Waals surface area contributed by atoms with E-state index in [9.17, 15) is 0 Å². The van der Waals surface area contributed by atoms with Crippen LogP contribution in [-0.4, -0.2) is 74.1 Å². The minimum atomic E-state index is 0.536. The SMILES string of the molecule is CN1CCN(CCCN(C)SC2CCOc3ccccc32)CC1. The van der Waals surface area contributed by atoms with E-state index in [1.165, 1.54) is 44.7 Å². The maximum Gasteiger partial charge on any atom is 0.123 e. The molecule has 1 aromatic rings. The topological polar surface area (TPSA) is 19.0 Å². The highest BCUT2D eigenvalue weighted by molar-refractivity contribution is 7.97. The normalized spacial score (nSPS) is 22.8. The second-order valence-electron chi connectivity index (χ2n) is 6.62. The van der Waals surface area contributed by atoms with Gasteiger partial charge in [-0.1, -0.05) is 30.1 Å². The molecule has 0 bridgehead atoms. The largest absolute Gasteiger partial charge is 0.493 e. The summed E-state index contributed by atoms with van der Waals surface area (Å²) in [4.78, 5) is 5.02. The van der Waals surface area contributed by atoms with Gasteiger partial charge in [-0.05, 0) is 39.5 Å². The fraction of sp³-hybridized carbons (Fsp3) is 0.667. The average molecular weight is 336 g/mol. The fourth-order valence-corrected chi connectivity index (χ4v) is 4.46. The summed E-state index contributed by atoms with van der Waals surface area (Å²) in [5.41, 5.74) is 1.36. The van der Waals surface area contributed by atoms with Gasteiger partial charge in [0.05, 0.1) is 11.9 Å². The molecule has 1 saturated heterocycles. The van der Waals surface area contributed by atoms with Crippen LogP contribution < -0.4 is 4.74 Å². The molecule has 2 heterocycles. The molecule has 0 aliphatic carbocycles. The first-order valence-electron chi connectivity index (χ1n) is 8.73. The van der Waals surface area contributed by atoms with E-state index in [0.717, 1.165) is 25.3 Å². The summed E-state index contributed by atoms with van der Waals surface area (Å²) >= 11 is 1.98. The van der Waals surface area contributed by atoms with Crippen molar-refractivity contribution in [2.24, 2.45) is 0 Å². The Morgan fingerprint density at radius 2 is 2.00 bits per heavy atom. The lowest BCUT2D eigenvalue weighted by Crippen LogP contribution is -2.45. The molecule has 5 heteroatoms. The molecular formula is C18H29N3OS. The van der Waals surface area contributed by atoms with Crippen LogP contribution >= 0.6 is 11.9 Å². The van der Waals surface area contributed by atoms with Gasteiger partial charge in [0.25, 0.3) is 0 Å². The van der Waals surface area contributed by atoms with Crippen molar-refractivity contribution >= 4 is 11.9 Å². The van der Waals surface area contributed by atoms with E-state index in [1.54, 1.807) is 0 Å². The summed E-state index contributed by atoms with van der Waals surface area (Å²) in [6, 6.07) is 8.49. The second kappa shape index (κ2) is 8.38. The van der Waals surface area contributed by atoms with Crippen LogP contribution in [0.15, 0.2) is 24.3 Å². The number of para-hydroxylation sites is 1. The van der Waals surface area contributed by atoms with E-state index in [1.807, 2.05) is 11.9 Å². The van der Waals surface area contributed by atoms with Gasteiger partial charge in [-0.25, -0.2) is 0 Å². The fourth-order valence-electron chi connectivity index (χ4n) is 3.28. The zero-order valence-corrected chi connectivity index (χ0v) is 15.2. The Balaban J connectivity index is 1.41. The molecule has 2 aliphatic heterocycles. The van der Waals surface area contributed by atoms with Gasteiger partial charge in [0.2, 0.25) is 0 Å². The summed E-state index contributed by atoms with van der Waals surface area (Å²) in [6.07, 6.45) is 2.35. The molecule has 0 saturated carbocycles. The lowest BCUT2D eigenvalue weighted by molar-refractivity contribution is 0.151. The van der Waals surface area contributed by atoms with Crippen LogP contribution in [0.25, 0.3) is 0 Å². The predicted molar refractivity (Wildman–Crippen MR) is 98.1 cm³/mol. The number of benzene rings is 1. The van der Waals surface area contributed by atoms with Crippen LogP contribution in [0.4, 0.5) is 0 Å². The summed E-state index contributed by atoms with van der Waals surface area (Å²) in [7, 11) is 4.44. The third-order valence-electron chi connectivity index (χ3n) is 4.75. The van der Waals surface area contributed by atoms with Gasteiger partial charge < -0.3 is 14.5 Å². The van der Waals surface area contributed by atoms with Crippen molar-refractivity contribution in [3.8, 4) is 5.75 Å². The number of hydrogen-bond donors (Lipinski definition) is 0. The van der Waals surface area contributed by atoms with E-state index < -0.39 is 0 Å². The Kier molecular flexibility index (Phi) is 6.22. The van der Waals surface area contributed by atoms with Crippen molar-refractivity contribution in [3.63, 3.8) is 0 Å². The number of likely N-dealkylation sites (N-methyl/N-ethyl adjacent to an activating group) is 1. The Bertz CT molecular complexity index is 491. The van der Waals surface area contributed by atoms with Crippen molar-refractivity contribution in [2.75, 3.05) is 60.0 Å². The Morgan fingerprint density at radius 3 is 2.83 bits per heavy atom. The number of piperazine rings is 1. The molecule has 0 spiro atoms.